The SMILES string of the molecule is CC(COc1ccc(Br)cc1[C@H](C)O)C(N)=O. The van der Waals surface area contributed by atoms with E-state index in [0.29, 0.717) is 11.3 Å². The Labute approximate surface area is 109 Å². The van der Waals surface area contributed by atoms with Gasteiger partial charge < -0.3 is 15.6 Å². The molecule has 0 saturated carbocycles. The van der Waals surface area contributed by atoms with Crippen molar-refractivity contribution in [3.8, 4) is 5.75 Å². The Morgan fingerprint density at radius 2 is 2.18 bits per heavy atom. The lowest BCUT2D eigenvalue weighted by Gasteiger charge is -2.15. The molecule has 17 heavy (non-hydrogen) atoms. The lowest BCUT2D eigenvalue weighted by atomic mass is 10.1. The maximum Gasteiger partial charge on any atom is 0.223 e. The molecule has 0 bridgehead atoms. The van der Waals surface area contributed by atoms with E-state index in [1.165, 1.54) is 0 Å². The highest BCUT2D eigenvalue weighted by atomic mass is 79.9. The number of aliphatic hydroxyl groups is 1. The molecule has 0 radical (unpaired) electrons. The molecule has 2 atom stereocenters. The van der Waals surface area contributed by atoms with Crippen LogP contribution in [0, 0.1) is 5.92 Å². The molecule has 1 rings (SSSR count). The standard InChI is InChI=1S/C12H16BrNO3/c1-7(12(14)16)6-17-11-4-3-9(13)5-10(11)8(2)15/h3-5,7-8,15H,6H2,1-2H3,(H2,14,16)/t7?,8-/m0/s1. The average Bonchev–Trinajstić information content (AvgIpc) is 2.26. The Balaban J connectivity index is 2.80. The minimum absolute atomic E-state index is 0.205. The van der Waals surface area contributed by atoms with Gasteiger partial charge in [-0.15, -0.1) is 0 Å². The minimum atomic E-state index is -0.633. The molecule has 0 saturated heterocycles. The third kappa shape index (κ3) is 4.02. The largest absolute Gasteiger partial charge is 0.492 e. The highest BCUT2D eigenvalue weighted by Crippen LogP contribution is 2.28. The van der Waals surface area contributed by atoms with E-state index in [4.69, 9.17) is 10.5 Å². The van der Waals surface area contributed by atoms with Gasteiger partial charge >= 0.3 is 0 Å². The summed E-state index contributed by atoms with van der Waals surface area (Å²) < 4.78 is 6.36. The van der Waals surface area contributed by atoms with E-state index in [0.717, 1.165) is 4.47 Å². The zero-order chi connectivity index (χ0) is 13.0. The second kappa shape index (κ2) is 6.02. The second-order valence-corrected chi connectivity index (χ2v) is 4.89. The van der Waals surface area contributed by atoms with Crippen LogP contribution in [0.2, 0.25) is 0 Å². The van der Waals surface area contributed by atoms with E-state index >= 15 is 0 Å². The molecular weight excluding hydrogens is 286 g/mol. The second-order valence-electron chi connectivity index (χ2n) is 3.97. The summed E-state index contributed by atoms with van der Waals surface area (Å²) in [5.74, 6) is -0.197. The van der Waals surface area contributed by atoms with E-state index in [1.807, 2.05) is 6.07 Å². The maximum absolute atomic E-state index is 10.9. The first-order chi connectivity index (χ1) is 7.91. The first-order valence-electron chi connectivity index (χ1n) is 5.31. The highest BCUT2D eigenvalue weighted by Gasteiger charge is 2.13. The van der Waals surface area contributed by atoms with Crippen LogP contribution < -0.4 is 10.5 Å². The summed E-state index contributed by atoms with van der Waals surface area (Å²) >= 11 is 3.33. The Bertz CT molecular complexity index is 407. The van der Waals surface area contributed by atoms with Crippen molar-refractivity contribution < 1.29 is 14.6 Å². The average molecular weight is 302 g/mol. The van der Waals surface area contributed by atoms with Gasteiger partial charge in [0.15, 0.2) is 0 Å². The molecule has 3 N–H and O–H groups in total. The molecule has 94 valence electrons. The number of nitrogens with two attached hydrogens (primary N) is 1. The molecule has 0 aromatic heterocycles. The third-order valence-electron chi connectivity index (χ3n) is 2.40. The number of ether oxygens (including phenoxy) is 1. The summed E-state index contributed by atoms with van der Waals surface area (Å²) in [5.41, 5.74) is 5.82. The first-order valence-corrected chi connectivity index (χ1v) is 6.10. The fraction of sp³-hybridized carbons (Fsp3) is 0.417. The molecule has 0 fully saturated rings. The number of carbonyl (C=O) groups is 1. The normalized spacial score (nSPS) is 14.1. The van der Waals surface area contributed by atoms with Crippen molar-refractivity contribution in [2.45, 2.75) is 20.0 Å². The van der Waals surface area contributed by atoms with Gasteiger partial charge in [-0.2, -0.15) is 0 Å². The van der Waals surface area contributed by atoms with Gasteiger partial charge in [0, 0.05) is 10.0 Å². The molecule has 0 aliphatic carbocycles. The molecule has 0 aliphatic rings. The molecule has 0 heterocycles. The fourth-order valence-electron chi connectivity index (χ4n) is 1.27. The Morgan fingerprint density at radius 3 is 2.71 bits per heavy atom. The molecule has 0 aliphatic heterocycles. The predicted octanol–water partition coefficient (Wildman–Crippen LogP) is 2.00. The summed E-state index contributed by atoms with van der Waals surface area (Å²) in [4.78, 5) is 10.9. The number of carbonyl (C=O) groups excluding carboxylic acids is 1. The van der Waals surface area contributed by atoms with Gasteiger partial charge in [0.05, 0.1) is 18.6 Å². The summed E-state index contributed by atoms with van der Waals surface area (Å²) in [6, 6.07) is 5.35. The summed E-state index contributed by atoms with van der Waals surface area (Å²) in [7, 11) is 0. The van der Waals surface area contributed by atoms with Crippen LogP contribution in [0.3, 0.4) is 0 Å². The summed E-state index contributed by atoms with van der Waals surface area (Å²) in [6.45, 7) is 3.56. The lowest BCUT2D eigenvalue weighted by Crippen LogP contribution is -2.26. The fourth-order valence-corrected chi connectivity index (χ4v) is 1.65. The number of rotatable bonds is 5. The number of benzene rings is 1. The zero-order valence-electron chi connectivity index (χ0n) is 9.81. The number of hydrogen-bond donors (Lipinski definition) is 2. The van der Waals surface area contributed by atoms with E-state index in [9.17, 15) is 9.90 Å². The molecule has 0 spiro atoms. The lowest BCUT2D eigenvalue weighted by molar-refractivity contribution is -0.122. The van der Waals surface area contributed by atoms with Gasteiger partial charge in [-0.1, -0.05) is 22.9 Å². The van der Waals surface area contributed by atoms with Crippen molar-refractivity contribution in [1.82, 2.24) is 0 Å². The van der Waals surface area contributed by atoms with E-state index < -0.39 is 12.0 Å². The minimum Gasteiger partial charge on any atom is -0.492 e. The van der Waals surface area contributed by atoms with Gasteiger partial charge in [0.25, 0.3) is 0 Å². The number of hydrogen-bond acceptors (Lipinski definition) is 3. The Kier molecular flexibility index (Phi) is 4.96. The molecule has 4 nitrogen and oxygen atoms in total. The van der Waals surface area contributed by atoms with Crippen molar-refractivity contribution in [2.24, 2.45) is 11.7 Å². The number of amides is 1. The van der Waals surface area contributed by atoms with E-state index in [2.05, 4.69) is 15.9 Å². The van der Waals surface area contributed by atoms with Gasteiger partial charge in [0.2, 0.25) is 5.91 Å². The van der Waals surface area contributed by atoms with E-state index in [-0.39, 0.29) is 12.5 Å². The smallest absolute Gasteiger partial charge is 0.223 e. The van der Waals surface area contributed by atoms with Gasteiger partial charge in [-0.05, 0) is 25.1 Å². The van der Waals surface area contributed by atoms with Gasteiger partial charge in [0.1, 0.15) is 5.75 Å². The van der Waals surface area contributed by atoms with Crippen molar-refractivity contribution >= 4 is 21.8 Å². The Hall–Kier alpha value is -1.07. The topological polar surface area (TPSA) is 72.6 Å². The number of primary amides is 1. The highest BCUT2D eigenvalue weighted by molar-refractivity contribution is 9.10. The third-order valence-corrected chi connectivity index (χ3v) is 2.89. The monoisotopic (exact) mass is 301 g/mol. The molecule has 5 heteroatoms. The summed E-state index contributed by atoms with van der Waals surface area (Å²) in [6.07, 6.45) is -0.633. The van der Waals surface area contributed by atoms with E-state index in [1.54, 1.807) is 26.0 Å². The van der Waals surface area contributed by atoms with Crippen molar-refractivity contribution in [3.63, 3.8) is 0 Å². The number of halogens is 1. The van der Waals surface area contributed by atoms with Crippen LogP contribution in [0.15, 0.2) is 22.7 Å². The van der Waals surface area contributed by atoms with Crippen molar-refractivity contribution in [2.75, 3.05) is 6.61 Å². The molecule has 1 amide bonds. The predicted molar refractivity (Wildman–Crippen MR) is 68.6 cm³/mol. The van der Waals surface area contributed by atoms with Crippen LogP contribution in [0.4, 0.5) is 0 Å². The molecule has 1 aromatic carbocycles. The first kappa shape index (κ1) is 14.0. The quantitative estimate of drug-likeness (QED) is 0.874. The van der Waals surface area contributed by atoms with Crippen molar-refractivity contribution in [3.05, 3.63) is 28.2 Å². The number of aliphatic hydroxyl groups excluding tert-OH is 1. The Morgan fingerprint density at radius 1 is 1.53 bits per heavy atom. The van der Waals surface area contributed by atoms with Crippen LogP contribution in [0.5, 0.6) is 5.75 Å². The van der Waals surface area contributed by atoms with Crippen LogP contribution in [-0.2, 0) is 4.79 Å². The maximum atomic E-state index is 10.9. The van der Waals surface area contributed by atoms with Crippen molar-refractivity contribution in [1.29, 1.82) is 0 Å². The molecule has 1 unspecified atom stereocenters. The molecular formula is C12H16BrNO3. The zero-order valence-corrected chi connectivity index (χ0v) is 11.4. The van der Waals surface area contributed by atoms with Gasteiger partial charge in [-0.25, -0.2) is 0 Å². The van der Waals surface area contributed by atoms with Crippen LogP contribution in [-0.4, -0.2) is 17.6 Å². The van der Waals surface area contributed by atoms with Crippen LogP contribution in [0.25, 0.3) is 0 Å². The summed E-state index contributed by atoms with van der Waals surface area (Å²) in [5, 5.41) is 9.61. The molecule has 1 aromatic rings. The van der Waals surface area contributed by atoms with Gasteiger partial charge in [-0.3, -0.25) is 4.79 Å². The van der Waals surface area contributed by atoms with Crippen LogP contribution >= 0.6 is 15.9 Å². The van der Waals surface area contributed by atoms with Crippen LogP contribution in [0.1, 0.15) is 25.5 Å².